The molecule has 1 saturated heterocycles. The minimum Gasteiger partial charge on any atom is -0.481 e. The van der Waals surface area contributed by atoms with E-state index in [-0.39, 0.29) is 17.9 Å². The summed E-state index contributed by atoms with van der Waals surface area (Å²) in [5.74, 6) is -0.537. The van der Waals surface area contributed by atoms with E-state index in [9.17, 15) is 14.7 Å². The predicted octanol–water partition coefficient (Wildman–Crippen LogP) is 1.46. The van der Waals surface area contributed by atoms with Gasteiger partial charge in [0.1, 0.15) is 0 Å². The van der Waals surface area contributed by atoms with Gasteiger partial charge in [-0.25, -0.2) is 0 Å². The molecule has 3 N–H and O–H groups in total. The van der Waals surface area contributed by atoms with E-state index in [1.165, 1.54) is 0 Å². The van der Waals surface area contributed by atoms with Crippen LogP contribution in [0.2, 0.25) is 0 Å². The van der Waals surface area contributed by atoms with Crippen molar-refractivity contribution in [3.63, 3.8) is 0 Å². The maximum absolute atomic E-state index is 12.1. The molecule has 110 valence electrons. The van der Waals surface area contributed by atoms with E-state index in [0.717, 1.165) is 6.42 Å². The molecule has 0 aromatic rings. The van der Waals surface area contributed by atoms with E-state index < -0.39 is 11.4 Å². The first kappa shape index (κ1) is 16.0. The molecule has 0 radical (unpaired) electrons. The number of carboxylic acids is 1. The first-order chi connectivity index (χ1) is 8.82. The molecule has 0 aliphatic carbocycles. The second kappa shape index (κ2) is 6.37. The third-order valence-electron chi connectivity index (χ3n) is 4.16. The summed E-state index contributed by atoms with van der Waals surface area (Å²) in [5.41, 5.74) is 5.16. The molecule has 0 aromatic carbocycles. The van der Waals surface area contributed by atoms with Gasteiger partial charge in [-0.2, -0.15) is 0 Å². The number of carbonyl (C=O) groups excluding carboxylic acids is 1. The van der Waals surface area contributed by atoms with E-state index in [1.54, 1.807) is 4.90 Å². The number of carbonyl (C=O) groups is 2. The molecule has 2 unspecified atom stereocenters. The normalized spacial score (nSPS) is 24.8. The minimum absolute atomic E-state index is 0.0135. The highest BCUT2D eigenvalue weighted by atomic mass is 16.4. The fraction of sp³-hybridized carbons (Fsp3) is 0.857. The smallest absolute Gasteiger partial charge is 0.311 e. The van der Waals surface area contributed by atoms with Crippen molar-refractivity contribution < 1.29 is 14.7 Å². The van der Waals surface area contributed by atoms with Crippen LogP contribution in [0.15, 0.2) is 0 Å². The van der Waals surface area contributed by atoms with E-state index in [4.69, 9.17) is 5.73 Å². The van der Waals surface area contributed by atoms with Crippen molar-refractivity contribution in [2.75, 3.05) is 13.1 Å². The Kier molecular flexibility index (Phi) is 5.35. The Hall–Kier alpha value is -1.10. The molecule has 1 heterocycles. The number of amides is 1. The number of carboxylic acid groups (broad SMARTS) is 1. The summed E-state index contributed by atoms with van der Waals surface area (Å²) in [7, 11) is 0. The van der Waals surface area contributed by atoms with Crippen molar-refractivity contribution in [1.82, 2.24) is 4.90 Å². The van der Waals surface area contributed by atoms with Crippen LogP contribution in [-0.2, 0) is 9.59 Å². The van der Waals surface area contributed by atoms with Crippen LogP contribution in [0.5, 0.6) is 0 Å². The van der Waals surface area contributed by atoms with E-state index in [1.807, 2.05) is 20.8 Å². The zero-order valence-electron chi connectivity index (χ0n) is 12.2. The van der Waals surface area contributed by atoms with Crippen LogP contribution >= 0.6 is 0 Å². The predicted molar refractivity (Wildman–Crippen MR) is 73.6 cm³/mol. The highest BCUT2D eigenvalue weighted by Crippen LogP contribution is 2.35. The van der Waals surface area contributed by atoms with Gasteiger partial charge in [0.25, 0.3) is 0 Å². The van der Waals surface area contributed by atoms with Crippen LogP contribution in [0.3, 0.4) is 0 Å². The summed E-state index contributed by atoms with van der Waals surface area (Å²) < 4.78 is 0. The molecule has 1 amide bonds. The van der Waals surface area contributed by atoms with Gasteiger partial charge in [0.2, 0.25) is 5.91 Å². The number of aliphatic carboxylic acids is 1. The highest BCUT2D eigenvalue weighted by molar-refractivity contribution is 5.81. The SMILES string of the molecule is CCCC1(C(=O)O)CCN(C(=O)CC(N)C(C)C)C1. The third-order valence-corrected chi connectivity index (χ3v) is 4.16. The molecule has 0 spiro atoms. The monoisotopic (exact) mass is 270 g/mol. The lowest BCUT2D eigenvalue weighted by Gasteiger charge is -2.25. The molecular weight excluding hydrogens is 244 g/mol. The summed E-state index contributed by atoms with van der Waals surface area (Å²) in [6.07, 6.45) is 2.31. The van der Waals surface area contributed by atoms with Crippen LogP contribution in [-0.4, -0.2) is 41.0 Å². The Morgan fingerprint density at radius 1 is 1.42 bits per heavy atom. The van der Waals surface area contributed by atoms with Gasteiger partial charge in [0, 0.05) is 25.6 Å². The maximum Gasteiger partial charge on any atom is 0.311 e. The fourth-order valence-corrected chi connectivity index (χ4v) is 2.62. The molecule has 0 saturated carbocycles. The van der Waals surface area contributed by atoms with Gasteiger partial charge < -0.3 is 15.7 Å². The Morgan fingerprint density at radius 2 is 2.05 bits per heavy atom. The van der Waals surface area contributed by atoms with Crippen LogP contribution in [0.1, 0.15) is 46.5 Å². The maximum atomic E-state index is 12.1. The van der Waals surface area contributed by atoms with Crippen molar-refractivity contribution in [2.45, 2.75) is 52.5 Å². The molecule has 5 heteroatoms. The molecule has 1 rings (SSSR count). The van der Waals surface area contributed by atoms with E-state index >= 15 is 0 Å². The topological polar surface area (TPSA) is 83.6 Å². The van der Waals surface area contributed by atoms with Crippen LogP contribution in [0, 0.1) is 11.3 Å². The molecule has 1 aliphatic rings. The first-order valence-corrected chi connectivity index (χ1v) is 7.09. The van der Waals surface area contributed by atoms with Crippen molar-refractivity contribution in [3.05, 3.63) is 0 Å². The van der Waals surface area contributed by atoms with Gasteiger partial charge in [-0.05, 0) is 18.8 Å². The number of rotatable bonds is 6. The summed E-state index contributed by atoms with van der Waals surface area (Å²) in [5, 5.41) is 9.40. The number of hydrogen-bond donors (Lipinski definition) is 2. The number of nitrogens with two attached hydrogens (primary N) is 1. The third kappa shape index (κ3) is 3.69. The number of nitrogens with zero attached hydrogens (tertiary/aromatic N) is 1. The van der Waals surface area contributed by atoms with Gasteiger partial charge >= 0.3 is 5.97 Å². The minimum atomic E-state index is -0.780. The van der Waals surface area contributed by atoms with Crippen molar-refractivity contribution in [2.24, 2.45) is 17.1 Å². The molecule has 1 aliphatic heterocycles. The summed E-state index contributed by atoms with van der Waals surface area (Å²) in [6.45, 7) is 6.82. The Balaban J connectivity index is 2.64. The Bertz CT molecular complexity index is 344. The Morgan fingerprint density at radius 3 is 2.53 bits per heavy atom. The second-order valence-corrected chi connectivity index (χ2v) is 6.01. The summed E-state index contributed by atoms with van der Waals surface area (Å²) in [6, 6.07) is -0.154. The summed E-state index contributed by atoms with van der Waals surface area (Å²) >= 11 is 0. The zero-order valence-corrected chi connectivity index (χ0v) is 12.2. The quantitative estimate of drug-likeness (QED) is 0.765. The van der Waals surface area contributed by atoms with E-state index in [0.29, 0.717) is 32.4 Å². The average molecular weight is 270 g/mol. The largest absolute Gasteiger partial charge is 0.481 e. The van der Waals surface area contributed by atoms with Crippen molar-refractivity contribution >= 4 is 11.9 Å². The Labute approximate surface area is 115 Å². The van der Waals surface area contributed by atoms with Gasteiger partial charge in [-0.15, -0.1) is 0 Å². The summed E-state index contributed by atoms with van der Waals surface area (Å²) in [4.78, 5) is 25.2. The molecule has 5 nitrogen and oxygen atoms in total. The number of hydrogen-bond acceptors (Lipinski definition) is 3. The second-order valence-electron chi connectivity index (χ2n) is 6.01. The van der Waals surface area contributed by atoms with Crippen LogP contribution in [0.25, 0.3) is 0 Å². The van der Waals surface area contributed by atoms with Gasteiger partial charge in [0.15, 0.2) is 0 Å². The van der Waals surface area contributed by atoms with Gasteiger partial charge in [-0.1, -0.05) is 27.2 Å². The van der Waals surface area contributed by atoms with Crippen molar-refractivity contribution in [1.29, 1.82) is 0 Å². The number of likely N-dealkylation sites (tertiary alicyclic amines) is 1. The lowest BCUT2D eigenvalue weighted by atomic mass is 9.83. The first-order valence-electron chi connectivity index (χ1n) is 7.09. The van der Waals surface area contributed by atoms with Gasteiger partial charge in [0.05, 0.1) is 5.41 Å². The molecular formula is C14H26N2O3. The zero-order chi connectivity index (χ0) is 14.6. The fourth-order valence-electron chi connectivity index (χ4n) is 2.62. The van der Waals surface area contributed by atoms with Gasteiger partial charge in [-0.3, -0.25) is 9.59 Å². The molecule has 0 bridgehead atoms. The highest BCUT2D eigenvalue weighted by Gasteiger charge is 2.45. The van der Waals surface area contributed by atoms with Crippen molar-refractivity contribution in [3.8, 4) is 0 Å². The lowest BCUT2D eigenvalue weighted by Crippen LogP contribution is -2.40. The van der Waals surface area contributed by atoms with Crippen LogP contribution in [0.4, 0.5) is 0 Å². The van der Waals surface area contributed by atoms with Crippen LogP contribution < -0.4 is 5.73 Å². The standard InChI is InChI=1S/C14H26N2O3/c1-4-5-14(13(18)19)6-7-16(9-14)12(17)8-11(15)10(2)3/h10-11H,4-9,15H2,1-3H3,(H,18,19). The molecule has 1 fully saturated rings. The van der Waals surface area contributed by atoms with E-state index in [2.05, 4.69) is 0 Å². The molecule has 19 heavy (non-hydrogen) atoms. The lowest BCUT2D eigenvalue weighted by molar-refractivity contribution is -0.149. The molecule has 2 atom stereocenters. The average Bonchev–Trinajstić information content (AvgIpc) is 2.75. The molecule has 0 aromatic heterocycles.